The number of hydrogen-bond acceptors (Lipinski definition) is 4. The molecular weight excluding hydrogens is 310 g/mol. The SMILES string of the molecule is O=C1C[C@@H](C(=O)Nc2ccc(C(=O)O)cc2)[C@@H](c2ccccc2)O1. The molecule has 0 unspecified atom stereocenters. The molecule has 0 spiro atoms. The van der Waals surface area contributed by atoms with Crippen LogP contribution in [0.1, 0.15) is 28.4 Å². The maximum Gasteiger partial charge on any atom is 0.335 e. The molecule has 0 radical (unpaired) electrons. The zero-order valence-electron chi connectivity index (χ0n) is 12.6. The van der Waals surface area contributed by atoms with Gasteiger partial charge in [-0.1, -0.05) is 30.3 Å². The highest BCUT2D eigenvalue weighted by Gasteiger charge is 2.40. The molecular formula is C18H15NO5. The molecule has 1 heterocycles. The molecule has 3 rings (SSSR count). The summed E-state index contributed by atoms with van der Waals surface area (Å²) in [5.74, 6) is -2.41. The van der Waals surface area contributed by atoms with Crippen LogP contribution in [0.5, 0.6) is 0 Å². The standard InChI is InChI=1S/C18H15NO5/c20-15-10-14(16(24-15)11-4-2-1-3-5-11)17(21)19-13-8-6-12(7-9-13)18(22)23/h1-9,14,16H,10H2,(H,19,21)(H,22,23)/t14-,16-/m1/s1. The number of carbonyl (C=O) groups excluding carboxylic acids is 2. The molecule has 2 aromatic carbocycles. The van der Waals surface area contributed by atoms with Crippen molar-refractivity contribution in [2.45, 2.75) is 12.5 Å². The smallest absolute Gasteiger partial charge is 0.335 e. The number of anilines is 1. The second-order valence-corrected chi connectivity index (χ2v) is 5.50. The van der Waals surface area contributed by atoms with E-state index in [1.165, 1.54) is 24.3 Å². The Balaban J connectivity index is 1.75. The summed E-state index contributed by atoms with van der Waals surface area (Å²) in [5.41, 5.74) is 1.37. The Kier molecular flexibility index (Phi) is 4.29. The van der Waals surface area contributed by atoms with Gasteiger partial charge in [0.05, 0.1) is 17.9 Å². The predicted molar refractivity (Wildman–Crippen MR) is 85.4 cm³/mol. The number of rotatable bonds is 4. The van der Waals surface area contributed by atoms with Crippen molar-refractivity contribution in [3.63, 3.8) is 0 Å². The van der Waals surface area contributed by atoms with E-state index in [1.807, 2.05) is 30.3 Å². The average Bonchev–Trinajstić information content (AvgIpc) is 2.98. The number of aromatic carboxylic acids is 1. The molecule has 2 N–H and O–H groups in total. The van der Waals surface area contributed by atoms with Crippen LogP contribution in [-0.4, -0.2) is 23.0 Å². The molecule has 24 heavy (non-hydrogen) atoms. The van der Waals surface area contributed by atoms with E-state index in [1.54, 1.807) is 0 Å². The van der Waals surface area contributed by atoms with Gasteiger partial charge in [0.25, 0.3) is 0 Å². The zero-order chi connectivity index (χ0) is 17.1. The lowest BCUT2D eigenvalue weighted by molar-refractivity contribution is -0.141. The van der Waals surface area contributed by atoms with E-state index in [0.29, 0.717) is 5.69 Å². The van der Waals surface area contributed by atoms with E-state index in [-0.39, 0.29) is 17.9 Å². The second-order valence-electron chi connectivity index (χ2n) is 5.50. The summed E-state index contributed by atoms with van der Waals surface area (Å²) >= 11 is 0. The van der Waals surface area contributed by atoms with Crippen LogP contribution in [-0.2, 0) is 14.3 Å². The van der Waals surface area contributed by atoms with Crippen molar-refractivity contribution < 1.29 is 24.2 Å². The fourth-order valence-electron chi connectivity index (χ4n) is 2.66. The molecule has 0 aromatic heterocycles. The lowest BCUT2D eigenvalue weighted by atomic mass is 9.94. The van der Waals surface area contributed by atoms with E-state index in [0.717, 1.165) is 5.56 Å². The molecule has 2 atom stereocenters. The van der Waals surface area contributed by atoms with Gasteiger partial charge in [-0.05, 0) is 29.8 Å². The third-order valence-electron chi connectivity index (χ3n) is 3.87. The van der Waals surface area contributed by atoms with Gasteiger partial charge in [-0.25, -0.2) is 4.79 Å². The maximum absolute atomic E-state index is 12.5. The summed E-state index contributed by atoms with van der Waals surface area (Å²) in [6.45, 7) is 0. The molecule has 1 fully saturated rings. The first-order valence-electron chi connectivity index (χ1n) is 7.43. The predicted octanol–water partition coefficient (Wildman–Crippen LogP) is 2.63. The third kappa shape index (κ3) is 3.27. The Bertz CT molecular complexity index is 770. The summed E-state index contributed by atoms with van der Waals surface area (Å²) < 4.78 is 5.29. The molecule has 6 heteroatoms. The summed E-state index contributed by atoms with van der Waals surface area (Å²) in [5, 5.41) is 11.6. The summed E-state index contributed by atoms with van der Waals surface area (Å²) in [6.07, 6.45) is -0.601. The molecule has 1 aliphatic rings. The van der Waals surface area contributed by atoms with Gasteiger partial charge >= 0.3 is 11.9 Å². The van der Waals surface area contributed by atoms with Crippen LogP contribution in [0, 0.1) is 5.92 Å². The van der Waals surface area contributed by atoms with Crippen molar-refractivity contribution >= 4 is 23.5 Å². The molecule has 122 valence electrons. The fraction of sp³-hybridized carbons (Fsp3) is 0.167. The van der Waals surface area contributed by atoms with Crippen molar-refractivity contribution in [3.05, 3.63) is 65.7 Å². The van der Waals surface area contributed by atoms with Gasteiger partial charge in [-0.2, -0.15) is 0 Å². The van der Waals surface area contributed by atoms with Crippen molar-refractivity contribution in [2.24, 2.45) is 5.92 Å². The van der Waals surface area contributed by atoms with Gasteiger partial charge in [0.1, 0.15) is 6.10 Å². The molecule has 2 aromatic rings. The van der Waals surface area contributed by atoms with Crippen LogP contribution in [0.3, 0.4) is 0 Å². The fourth-order valence-corrected chi connectivity index (χ4v) is 2.66. The Hall–Kier alpha value is -3.15. The molecule has 0 saturated carbocycles. The third-order valence-corrected chi connectivity index (χ3v) is 3.87. The number of nitrogens with one attached hydrogen (secondary N) is 1. The minimum Gasteiger partial charge on any atom is -0.478 e. The topological polar surface area (TPSA) is 92.7 Å². The van der Waals surface area contributed by atoms with Gasteiger partial charge in [0, 0.05) is 5.69 Å². The minimum atomic E-state index is -1.04. The monoisotopic (exact) mass is 325 g/mol. The van der Waals surface area contributed by atoms with Crippen LogP contribution in [0.15, 0.2) is 54.6 Å². The van der Waals surface area contributed by atoms with Crippen LogP contribution in [0.2, 0.25) is 0 Å². The molecule has 1 amide bonds. The highest BCUT2D eigenvalue weighted by atomic mass is 16.6. The van der Waals surface area contributed by atoms with E-state index < -0.39 is 24.0 Å². The van der Waals surface area contributed by atoms with Gasteiger partial charge in [0.2, 0.25) is 5.91 Å². The number of cyclic esters (lactones) is 1. The number of amides is 1. The number of carbonyl (C=O) groups is 3. The first-order valence-corrected chi connectivity index (χ1v) is 7.43. The molecule has 0 bridgehead atoms. The first-order chi connectivity index (χ1) is 11.5. The number of carboxylic acid groups (broad SMARTS) is 1. The number of carboxylic acids is 1. The largest absolute Gasteiger partial charge is 0.478 e. The van der Waals surface area contributed by atoms with E-state index in [2.05, 4.69) is 5.32 Å². The second kappa shape index (κ2) is 6.54. The summed E-state index contributed by atoms with van der Waals surface area (Å²) in [6, 6.07) is 14.9. The number of ether oxygens (including phenoxy) is 1. The Morgan fingerprint density at radius 3 is 2.33 bits per heavy atom. The highest BCUT2D eigenvalue weighted by molar-refractivity contribution is 5.97. The average molecular weight is 325 g/mol. The van der Waals surface area contributed by atoms with Crippen molar-refractivity contribution in [2.75, 3.05) is 5.32 Å². The van der Waals surface area contributed by atoms with Crippen molar-refractivity contribution in [1.29, 1.82) is 0 Å². The van der Waals surface area contributed by atoms with E-state index >= 15 is 0 Å². The normalized spacial score (nSPS) is 19.6. The minimum absolute atomic E-state index is 0.0125. The molecule has 1 aliphatic heterocycles. The molecule has 6 nitrogen and oxygen atoms in total. The van der Waals surface area contributed by atoms with Crippen molar-refractivity contribution in [3.8, 4) is 0 Å². The lowest BCUT2D eigenvalue weighted by Gasteiger charge is -2.17. The van der Waals surface area contributed by atoms with Crippen LogP contribution < -0.4 is 5.32 Å². The Morgan fingerprint density at radius 1 is 1.04 bits per heavy atom. The highest BCUT2D eigenvalue weighted by Crippen LogP contribution is 2.36. The van der Waals surface area contributed by atoms with Gasteiger partial charge < -0.3 is 15.2 Å². The number of benzene rings is 2. The summed E-state index contributed by atoms with van der Waals surface area (Å²) in [7, 11) is 0. The number of hydrogen-bond donors (Lipinski definition) is 2. The zero-order valence-corrected chi connectivity index (χ0v) is 12.6. The summed E-state index contributed by atoms with van der Waals surface area (Å²) in [4.78, 5) is 35.0. The van der Waals surface area contributed by atoms with E-state index in [4.69, 9.17) is 9.84 Å². The van der Waals surface area contributed by atoms with Crippen LogP contribution in [0.25, 0.3) is 0 Å². The van der Waals surface area contributed by atoms with Crippen LogP contribution >= 0.6 is 0 Å². The van der Waals surface area contributed by atoms with Gasteiger partial charge in [-0.3, -0.25) is 9.59 Å². The van der Waals surface area contributed by atoms with Gasteiger partial charge in [-0.15, -0.1) is 0 Å². The quantitative estimate of drug-likeness (QED) is 0.843. The van der Waals surface area contributed by atoms with E-state index in [9.17, 15) is 14.4 Å². The molecule has 1 saturated heterocycles. The first kappa shape index (κ1) is 15.7. The van der Waals surface area contributed by atoms with Crippen molar-refractivity contribution in [1.82, 2.24) is 0 Å². The van der Waals surface area contributed by atoms with Crippen LogP contribution in [0.4, 0.5) is 5.69 Å². The molecule has 0 aliphatic carbocycles. The lowest BCUT2D eigenvalue weighted by Crippen LogP contribution is -2.25. The Morgan fingerprint density at radius 2 is 1.71 bits per heavy atom. The van der Waals surface area contributed by atoms with Gasteiger partial charge in [0.15, 0.2) is 0 Å². The Labute approximate surface area is 138 Å². The maximum atomic E-state index is 12.5. The number of esters is 1.